The molecule has 0 bridgehead atoms. The molecule has 0 saturated carbocycles. The highest BCUT2D eigenvalue weighted by Gasteiger charge is 2.30. The molecule has 1 amide bonds. The van der Waals surface area contributed by atoms with Gasteiger partial charge in [0, 0.05) is 18.5 Å². The van der Waals surface area contributed by atoms with E-state index in [-0.39, 0.29) is 29.8 Å². The predicted molar refractivity (Wildman–Crippen MR) is 127 cm³/mol. The van der Waals surface area contributed by atoms with E-state index in [9.17, 15) is 13.2 Å². The molecule has 0 aliphatic carbocycles. The smallest absolute Gasteiger partial charge is 0.263 e. The van der Waals surface area contributed by atoms with Crippen LogP contribution in [0.1, 0.15) is 42.9 Å². The number of ether oxygens (including phenoxy) is 1. The summed E-state index contributed by atoms with van der Waals surface area (Å²) in [6.45, 7) is 2.74. The Labute approximate surface area is 195 Å². The van der Waals surface area contributed by atoms with E-state index in [2.05, 4.69) is 32.1 Å². The van der Waals surface area contributed by atoms with Gasteiger partial charge in [-0.2, -0.15) is 0 Å². The van der Waals surface area contributed by atoms with E-state index in [0.29, 0.717) is 17.9 Å². The maximum absolute atomic E-state index is 12.6. The number of rotatable bonds is 8. The summed E-state index contributed by atoms with van der Waals surface area (Å²) < 4.78 is 32.1. The van der Waals surface area contributed by atoms with Crippen LogP contribution in [0.5, 0.6) is 5.75 Å². The Bertz CT molecular complexity index is 1110. The molecular weight excluding hydrogens is 440 g/mol. The van der Waals surface area contributed by atoms with Crippen LogP contribution in [0.3, 0.4) is 0 Å². The summed E-state index contributed by atoms with van der Waals surface area (Å²) in [5, 5.41) is 3.05. The Morgan fingerprint density at radius 2 is 1.85 bits per heavy atom. The second kappa shape index (κ2) is 10.4. The number of nitrogens with one attached hydrogen (secondary N) is 2. The molecule has 1 atom stereocenters. The Kier molecular flexibility index (Phi) is 7.29. The van der Waals surface area contributed by atoms with Crippen LogP contribution >= 0.6 is 0 Å². The molecular formula is C24H30N4O4S. The third-order valence-electron chi connectivity index (χ3n) is 6.10. The largest absolute Gasteiger partial charge is 0.497 e. The average molecular weight is 471 g/mol. The molecule has 2 heterocycles. The van der Waals surface area contributed by atoms with Crippen LogP contribution in [0.2, 0.25) is 0 Å². The number of hydrogen-bond donors (Lipinski definition) is 2. The van der Waals surface area contributed by atoms with Crippen molar-refractivity contribution in [1.82, 2.24) is 14.9 Å². The molecule has 176 valence electrons. The van der Waals surface area contributed by atoms with Gasteiger partial charge in [0.15, 0.2) is 0 Å². The van der Waals surface area contributed by atoms with Crippen LogP contribution in [0.25, 0.3) is 0 Å². The molecule has 2 N–H and O–H groups in total. The summed E-state index contributed by atoms with van der Waals surface area (Å²) in [6, 6.07) is 14.8. The van der Waals surface area contributed by atoms with Gasteiger partial charge in [-0.15, -0.1) is 0 Å². The molecule has 33 heavy (non-hydrogen) atoms. The number of sulfonamides is 1. The number of methoxy groups -OCH3 is 1. The maximum Gasteiger partial charge on any atom is 0.263 e. The highest BCUT2D eigenvalue weighted by molar-refractivity contribution is 7.90. The van der Waals surface area contributed by atoms with Gasteiger partial charge in [0.1, 0.15) is 11.6 Å². The van der Waals surface area contributed by atoms with Gasteiger partial charge in [0.2, 0.25) is 5.91 Å². The Hall–Kier alpha value is -2.91. The van der Waals surface area contributed by atoms with Crippen LogP contribution < -0.4 is 14.8 Å². The third-order valence-corrected chi connectivity index (χ3v) is 7.49. The van der Waals surface area contributed by atoms with E-state index < -0.39 is 10.0 Å². The monoisotopic (exact) mass is 470 g/mol. The normalized spacial score (nSPS) is 19.5. The molecule has 0 aromatic heterocycles. The van der Waals surface area contributed by atoms with Crippen molar-refractivity contribution in [2.75, 3.05) is 33.3 Å². The third kappa shape index (κ3) is 5.54. The molecule has 1 fully saturated rings. The molecule has 9 heteroatoms. The van der Waals surface area contributed by atoms with Gasteiger partial charge in [0.25, 0.3) is 10.0 Å². The molecule has 0 radical (unpaired) electrons. The minimum atomic E-state index is -3.57. The molecule has 2 aliphatic heterocycles. The molecule has 1 saturated heterocycles. The number of amides is 1. The first-order valence-corrected chi connectivity index (χ1v) is 12.8. The number of carbonyl (C=O) groups is 1. The lowest BCUT2D eigenvalue weighted by molar-refractivity contribution is -0.121. The first kappa shape index (κ1) is 23.3. The van der Waals surface area contributed by atoms with Crippen molar-refractivity contribution in [3.8, 4) is 5.75 Å². The predicted octanol–water partition coefficient (Wildman–Crippen LogP) is 2.47. The summed E-state index contributed by atoms with van der Waals surface area (Å²) in [5.74, 6) is 0.996. The lowest BCUT2D eigenvalue weighted by Crippen LogP contribution is -2.40. The van der Waals surface area contributed by atoms with Gasteiger partial charge in [-0.05, 0) is 55.8 Å². The maximum atomic E-state index is 12.6. The first-order chi connectivity index (χ1) is 16.0. The van der Waals surface area contributed by atoms with Crippen molar-refractivity contribution in [2.24, 2.45) is 4.99 Å². The van der Waals surface area contributed by atoms with E-state index in [0.717, 1.165) is 37.2 Å². The minimum Gasteiger partial charge on any atom is -0.497 e. The van der Waals surface area contributed by atoms with Crippen molar-refractivity contribution >= 4 is 21.8 Å². The van der Waals surface area contributed by atoms with Crippen molar-refractivity contribution in [2.45, 2.75) is 36.6 Å². The van der Waals surface area contributed by atoms with Crippen molar-refractivity contribution < 1.29 is 17.9 Å². The Morgan fingerprint density at radius 1 is 1.12 bits per heavy atom. The summed E-state index contributed by atoms with van der Waals surface area (Å²) in [6.07, 6.45) is 3.75. The van der Waals surface area contributed by atoms with E-state index >= 15 is 0 Å². The second-order valence-electron chi connectivity index (χ2n) is 8.27. The summed E-state index contributed by atoms with van der Waals surface area (Å²) in [4.78, 5) is 19.5. The molecule has 2 aromatic carbocycles. The minimum absolute atomic E-state index is 0.0972. The van der Waals surface area contributed by atoms with Crippen LogP contribution in [0, 0.1) is 0 Å². The molecule has 0 unspecified atom stereocenters. The molecule has 4 rings (SSSR count). The van der Waals surface area contributed by atoms with Crippen LogP contribution in [-0.2, 0) is 14.8 Å². The van der Waals surface area contributed by atoms with E-state index in [4.69, 9.17) is 4.74 Å². The Morgan fingerprint density at radius 3 is 2.58 bits per heavy atom. The SMILES string of the molecule is COc1ccc([C@@H](CNC(=O)CCN=C2NS(=O)(=O)c3ccccc32)N2CCCCC2)cc1. The number of hydrogen-bond acceptors (Lipinski definition) is 6. The Balaban J connectivity index is 1.36. The fraction of sp³-hybridized carbons (Fsp3) is 0.417. The number of amidine groups is 1. The van der Waals surface area contributed by atoms with E-state index in [1.807, 2.05) is 12.1 Å². The number of aliphatic imine (C=N–C) groups is 1. The number of benzene rings is 2. The topological polar surface area (TPSA) is 100 Å². The molecule has 2 aliphatic rings. The average Bonchev–Trinajstić information content (AvgIpc) is 3.10. The van der Waals surface area contributed by atoms with Crippen LogP contribution in [0.4, 0.5) is 0 Å². The summed E-state index contributed by atoms with van der Waals surface area (Å²) in [7, 11) is -1.92. The van der Waals surface area contributed by atoms with Gasteiger partial charge < -0.3 is 10.1 Å². The fourth-order valence-corrected chi connectivity index (χ4v) is 5.58. The number of fused-ring (bicyclic) bond motifs is 1. The van der Waals surface area contributed by atoms with Crippen LogP contribution in [0.15, 0.2) is 58.4 Å². The van der Waals surface area contributed by atoms with E-state index in [1.165, 1.54) is 6.42 Å². The van der Waals surface area contributed by atoms with Gasteiger partial charge in [-0.3, -0.25) is 19.4 Å². The van der Waals surface area contributed by atoms with E-state index in [1.54, 1.807) is 31.4 Å². The van der Waals surface area contributed by atoms with Gasteiger partial charge in [-0.25, -0.2) is 8.42 Å². The van der Waals surface area contributed by atoms with Crippen molar-refractivity contribution in [3.05, 3.63) is 59.7 Å². The standard InChI is InChI=1S/C24H30N4O4S/c1-32-19-11-9-18(10-12-19)21(28-15-5-2-6-16-28)17-26-23(29)13-14-25-24-20-7-3-4-8-22(20)33(30,31)27-24/h3-4,7-12,21H,2,5-6,13-17H2,1H3,(H,25,27)(H,26,29)/t21-/m1/s1. The number of likely N-dealkylation sites (tertiary alicyclic amines) is 1. The van der Waals surface area contributed by atoms with Crippen LogP contribution in [-0.4, -0.2) is 58.3 Å². The highest BCUT2D eigenvalue weighted by Crippen LogP contribution is 2.26. The van der Waals surface area contributed by atoms with Gasteiger partial charge in [0.05, 0.1) is 24.6 Å². The molecule has 2 aromatic rings. The number of nitrogens with zero attached hydrogens (tertiary/aromatic N) is 2. The zero-order valence-corrected chi connectivity index (χ0v) is 19.6. The molecule has 8 nitrogen and oxygen atoms in total. The second-order valence-corrected chi connectivity index (χ2v) is 9.92. The lowest BCUT2D eigenvalue weighted by Gasteiger charge is -2.35. The zero-order chi connectivity index (χ0) is 23.3. The summed E-state index contributed by atoms with van der Waals surface area (Å²) in [5.41, 5.74) is 1.69. The van der Waals surface area contributed by atoms with Crippen molar-refractivity contribution in [3.63, 3.8) is 0 Å². The quantitative estimate of drug-likeness (QED) is 0.617. The highest BCUT2D eigenvalue weighted by atomic mass is 32.2. The number of piperidine rings is 1. The van der Waals surface area contributed by atoms with Crippen molar-refractivity contribution in [1.29, 1.82) is 0 Å². The van der Waals surface area contributed by atoms with Gasteiger partial charge >= 0.3 is 0 Å². The first-order valence-electron chi connectivity index (χ1n) is 11.3. The van der Waals surface area contributed by atoms with Gasteiger partial charge in [-0.1, -0.05) is 30.7 Å². The fourth-order valence-electron chi connectivity index (χ4n) is 4.33. The zero-order valence-electron chi connectivity index (χ0n) is 18.8. The lowest BCUT2D eigenvalue weighted by atomic mass is 10.0. The summed E-state index contributed by atoms with van der Waals surface area (Å²) >= 11 is 0. The number of carbonyl (C=O) groups excluding carboxylic acids is 1. The molecule has 0 spiro atoms.